The molecular formula is C26H34F2N4O2. The van der Waals surface area contributed by atoms with E-state index in [1.165, 1.54) is 41.1 Å². The topological polar surface area (TPSA) is 64.7 Å². The standard InChI is InChI=1S/C13H15FN2O2.C13H19FN2/c1-2-11-13(18)16(8-12(17)15-11)7-9-3-5-10(14)6-4-9;1-2-13-10-16(8-7-15-13)9-11-3-5-12(14)6-4-11/h3-6,11H,2,7-8H2,1H3,(H,15,17);3-6,13,15H,2,7-10H2,1H3/t11-;13-/m11/s1. The van der Waals surface area contributed by atoms with Gasteiger partial charge in [0.05, 0.1) is 6.54 Å². The lowest BCUT2D eigenvalue weighted by Gasteiger charge is -2.33. The van der Waals surface area contributed by atoms with Gasteiger partial charge in [0.1, 0.15) is 17.7 Å². The number of amides is 2. The van der Waals surface area contributed by atoms with Crippen molar-refractivity contribution in [1.29, 1.82) is 0 Å². The van der Waals surface area contributed by atoms with Crippen LogP contribution >= 0.6 is 0 Å². The zero-order chi connectivity index (χ0) is 24.5. The van der Waals surface area contributed by atoms with Gasteiger partial charge in [0, 0.05) is 38.8 Å². The highest BCUT2D eigenvalue weighted by atomic mass is 19.1. The second kappa shape index (κ2) is 12.6. The van der Waals surface area contributed by atoms with E-state index in [0.29, 0.717) is 19.0 Å². The van der Waals surface area contributed by atoms with Crippen LogP contribution in [-0.2, 0) is 22.7 Å². The van der Waals surface area contributed by atoms with Gasteiger partial charge in [-0.2, -0.15) is 0 Å². The SMILES string of the molecule is CC[C@@H]1CN(Cc2ccc(F)cc2)CCN1.CC[C@H]1NC(=O)CN(Cc2ccc(F)cc2)C1=O. The molecule has 0 bridgehead atoms. The number of nitrogens with one attached hydrogen (secondary N) is 2. The summed E-state index contributed by atoms with van der Waals surface area (Å²) in [6.07, 6.45) is 1.74. The number of carbonyl (C=O) groups is 2. The Balaban J connectivity index is 0.000000192. The first-order chi connectivity index (χ1) is 16.4. The molecule has 0 unspecified atom stereocenters. The maximum Gasteiger partial charge on any atom is 0.245 e. The molecule has 2 N–H and O–H groups in total. The van der Waals surface area contributed by atoms with Gasteiger partial charge in [0.2, 0.25) is 11.8 Å². The van der Waals surface area contributed by atoms with Crippen LogP contribution in [0.5, 0.6) is 0 Å². The summed E-state index contributed by atoms with van der Waals surface area (Å²) in [5.41, 5.74) is 2.01. The summed E-state index contributed by atoms with van der Waals surface area (Å²) in [6, 6.07) is 12.9. The lowest BCUT2D eigenvalue weighted by molar-refractivity contribution is -0.144. The number of benzene rings is 2. The van der Waals surface area contributed by atoms with E-state index in [1.807, 2.05) is 19.1 Å². The highest BCUT2D eigenvalue weighted by Crippen LogP contribution is 2.12. The van der Waals surface area contributed by atoms with E-state index >= 15 is 0 Å². The Bertz CT molecular complexity index is 937. The summed E-state index contributed by atoms with van der Waals surface area (Å²) in [6.45, 7) is 8.61. The Kier molecular flexibility index (Phi) is 9.53. The molecule has 2 heterocycles. The Morgan fingerprint density at radius 1 is 0.882 bits per heavy atom. The van der Waals surface area contributed by atoms with E-state index in [9.17, 15) is 18.4 Å². The van der Waals surface area contributed by atoms with Crippen LogP contribution < -0.4 is 10.6 Å². The van der Waals surface area contributed by atoms with Gasteiger partial charge in [0.15, 0.2) is 0 Å². The van der Waals surface area contributed by atoms with Crippen LogP contribution in [-0.4, -0.2) is 59.9 Å². The predicted molar refractivity (Wildman–Crippen MR) is 128 cm³/mol. The first-order valence-corrected chi connectivity index (χ1v) is 11.9. The summed E-state index contributed by atoms with van der Waals surface area (Å²) in [7, 11) is 0. The molecule has 0 spiro atoms. The molecule has 2 amide bonds. The Labute approximate surface area is 200 Å². The smallest absolute Gasteiger partial charge is 0.245 e. The molecule has 2 atom stereocenters. The molecule has 8 heteroatoms. The second-order valence-corrected chi connectivity index (χ2v) is 8.77. The van der Waals surface area contributed by atoms with Crippen LogP contribution in [0.2, 0.25) is 0 Å². The van der Waals surface area contributed by atoms with Gasteiger partial charge in [-0.1, -0.05) is 38.1 Å². The maximum absolute atomic E-state index is 12.8. The van der Waals surface area contributed by atoms with Gasteiger partial charge in [-0.3, -0.25) is 14.5 Å². The van der Waals surface area contributed by atoms with Crippen LogP contribution in [0.25, 0.3) is 0 Å². The molecular weight excluding hydrogens is 438 g/mol. The van der Waals surface area contributed by atoms with Crippen LogP contribution in [0, 0.1) is 11.6 Å². The van der Waals surface area contributed by atoms with Crippen molar-refractivity contribution in [3.63, 3.8) is 0 Å². The molecule has 0 aromatic heterocycles. The monoisotopic (exact) mass is 472 g/mol. The fraction of sp³-hybridized carbons (Fsp3) is 0.462. The first-order valence-electron chi connectivity index (χ1n) is 11.9. The minimum absolute atomic E-state index is 0.0622. The van der Waals surface area contributed by atoms with E-state index in [0.717, 1.165) is 31.7 Å². The lowest BCUT2D eigenvalue weighted by atomic mass is 10.1. The van der Waals surface area contributed by atoms with Gasteiger partial charge in [0.25, 0.3) is 0 Å². The molecule has 0 radical (unpaired) electrons. The molecule has 2 aromatic carbocycles. The Hall–Kier alpha value is -2.84. The van der Waals surface area contributed by atoms with E-state index < -0.39 is 6.04 Å². The summed E-state index contributed by atoms with van der Waals surface area (Å²) in [4.78, 5) is 27.4. The maximum atomic E-state index is 12.8. The summed E-state index contributed by atoms with van der Waals surface area (Å²) in [5, 5.41) is 6.14. The largest absolute Gasteiger partial charge is 0.343 e. The Morgan fingerprint density at radius 2 is 1.47 bits per heavy atom. The number of rotatable bonds is 6. The van der Waals surface area contributed by atoms with E-state index in [-0.39, 0.29) is 30.0 Å². The molecule has 2 aliphatic rings. The van der Waals surface area contributed by atoms with E-state index in [2.05, 4.69) is 22.5 Å². The third-order valence-corrected chi connectivity index (χ3v) is 6.13. The number of carbonyl (C=O) groups excluding carboxylic acids is 2. The molecule has 34 heavy (non-hydrogen) atoms. The van der Waals surface area contributed by atoms with Crippen molar-refractivity contribution in [1.82, 2.24) is 20.4 Å². The first kappa shape index (κ1) is 25.8. The van der Waals surface area contributed by atoms with Crippen molar-refractivity contribution in [3.05, 3.63) is 71.3 Å². The third-order valence-electron chi connectivity index (χ3n) is 6.13. The average Bonchev–Trinajstić information content (AvgIpc) is 2.84. The van der Waals surface area contributed by atoms with Crippen LogP contribution in [0.1, 0.15) is 37.8 Å². The van der Waals surface area contributed by atoms with Gasteiger partial charge >= 0.3 is 0 Å². The molecule has 4 rings (SSSR count). The normalized spacial score (nSPS) is 21.0. The summed E-state index contributed by atoms with van der Waals surface area (Å²) in [5.74, 6) is -0.701. The molecule has 0 saturated carbocycles. The summed E-state index contributed by atoms with van der Waals surface area (Å²) >= 11 is 0. The van der Waals surface area contributed by atoms with Crippen molar-refractivity contribution in [2.24, 2.45) is 0 Å². The van der Waals surface area contributed by atoms with Crippen molar-refractivity contribution in [3.8, 4) is 0 Å². The third kappa shape index (κ3) is 7.60. The number of nitrogens with zero attached hydrogens (tertiary/aromatic N) is 2. The number of halogens is 2. The van der Waals surface area contributed by atoms with Gasteiger partial charge in [-0.25, -0.2) is 8.78 Å². The van der Waals surface area contributed by atoms with Crippen molar-refractivity contribution >= 4 is 11.8 Å². The van der Waals surface area contributed by atoms with Gasteiger partial charge < -0.3 is 15.5 Å². The molecule has 0 aliphatic carbocycles. The van der Waals surface area contributed by atoms with Crippen molar-refractivity contribution < 1.29 is 18.4 Å². The molecule has 2 aliphatic heterocycles. The van der Waals surface area contributed by atoms with Crippen LogP contribution in [0.15, 0.2) is 48.5 Å². The minimum Gasteiger partial charge on any atom is -0.343 e. The zero-order valence-corrected chi connectivity index (χ0v) is 19.9. The average molecular weight is 473 g/mol. The second-order valence-electron chi connectivity index (χ2n) is 8.77. The number of piperazine rings is 2. The minimum atomic E-state index is -0.438. The highest BCUT2D eigenvalue weighted by molar-refractivity contribution is 5.94. The van der Waals surface area contributed by atoms with Crippen molar-refractivity contribution in [2.75, 3.05) is 26.2 Å². The van der Waals surface area contributed by atoms with Crippen molar-refractivity contribution in [2.45, 2.75) is 51.9 Å². The Morgan fingerprint density at radius 3 is 2.03 bits per heavy atom. The fourth-order valence-corrected chi connectivity index (χ4v) is 4.15. The quantitative estimate of drug-likeness (QED) is 0.678. The highest BCUT2D eigenvalue weighted by Gasteiger charge is 2.31. The molecule has 184 valence electrons. The zero-order valence-electron chi connectivity index (χ0n) is 19.9. The predicted octanol–water partition coefficient (Wildman–Crippen LogP) is 3.07. The molecule has 2 saturated heterocycles. The van der Waals surface area contributed by atoms with Crippen LogP contribution in [0.4, 0.5) is 8.78 Å². The molecule has 2 aromatic rings. The molecule has 2 fully saturated rings. The van der Waals surface area contributed by atoms with Gasteiger partial charge in [-0.15, -0.1) is 0 Å². The lowest BCUT2D eigenvalue weighted by Crippen LogP contribution is -2.57. The van der Waals surface area contributed by atoms with E-state index in [4.69, 9.17) is 0 Å². The summed E-state index contributed by atoms with van der Waals surface area (Å²) < 4.78 is 25.5. The van der Waals surface area contributed by atoms with Gasteiger partial charge in [-0.05, 0) is 48.2 Å². The number of hydrogen-bond acceptors (Lipinski definition) is 4. The fourth-order valence-electron chi connectivity index (χ4n) is 4.15. The number of hydrogen-bond donors (Lipinski definition) is 2. The molecule has 6 nitrogen and oxygen atoms in total. The van der Waals surface area contributed by atoms with E-state index in [1.54, 1.807) is 12.1 Å². The van der Waals surface area contributed by atoms with Crippen LogP contribution in [0.3, 0.4) is 0 Å².